The lowest BCUT2D eigenvalue weighted by Crippen LogP contribution is -2.44. The van der Waals surface area contributed by atoms with Crippen LogP contribution in [0.5, 0.6) is 11.5 Å². The molecule has 2 fully saturated rings. The number of hydrogen-bond acceptors (Lipinski definition) is 5. The highest BCUT2D eigenvalue weighted by atomic mass is 16.5. The Bertz CT molecular complexity index is 951. The first-order chi connectivity index (χ1) is 15.2. The van der Waals surface area contributed by atoms with Crippen LogP contribution in [-0.2, 0) is 12.1 Å². The van der Waals surface area contributed by atoms with Crippen molar-refractivity contribution >= 4 is 5.91 Å². The van der Waals surface area contributed by atoms with Crippen LogP contribution in [0.1, 0.15) is 81.0 Å². The lowest BCUT2D eigenvalue weighted by Gasteiger charge is -2.32. The molecule has 7 heteroatoms. The summed E-state index contributed by atoms with van der Waals surface area (Å²) in [6.45, 7) is 11.5. The predicted octanol–water partition coefficient (Wildman–Crippen LogP) is 4.01. The molecular formula is C25H36N4O3. The Balaban J connectivity index is 1.32. The molecule has 1 aromatic carbocycles. The molecule has 32 heavy (non-hydrogen) atoms. The lowest BCUT2D eigenvalue weighted by atomic mass is 10.0. The molecule has 2 aromatic rings. The average molecular weight is 441 g/mol. The Morgan fingerprint density at radius 2 is 1.91 bits per heavy atom. The van der Waals surface area contributed by atoms with Crippen molar-refractivity contribution in [1.29, 1.82) is 0 Å². The van der Waals surface area contributed by atoms with Gasteiger partial charge in [0, 0.05) is 37.3 Å². The number of ether oxygens (including phenoxy) is 1. The standard InChI is InChI=1S/C25H36N4O3/c1-5-32-23-14-17(6-9-22(23)30)16-28-12-10-19(11-13-28)26-24(31)20-15-21(18-7-8-18)29(27-20)25(2,3)4/h6,9,14-15,18-19,30H,5,7-8,10-13,16H2,1-4H3,(H,26,31). The van der Waals surface area contributed by atoms with E-state index in [0.29, 0.717) is 24.0 Å². The number of hydrogen-bond donors (Lipinski definition) is 2. The molecule has 0 atom stereocenters. The van der Waals surface area contributed by atoms with Crippen molar-refractivity contribution in [1.82, 2.24) is 20.0 Å². The summed E-state index contributed by atoms with van der Waals surface area (Å²) in [6, 6.07) is 7.71. The molecule has 1 saturated heterocycles. The fraction of sp³-hybridized carbons (Fsp3) is 0.600. The molecule has 2 aliphatic rings. The summed E-state index contributed by atoms with van der Waals surface area (Å²) in [5.41, 5.74) is 2.72. The minimum Gasteiger partial charge on any atom is -0.504 e. The highest BCUT2D eigenvalue weighted by Crippen LogP contribution is 2.41. The van der Waals surface area contributed by atoms with E-state index in [9.17, 15) is 9.90 Å². The normalized spacial score (nSPS) is 18.0. The molecule has 1 amide bonds. The van der Waals surface area contributed by atoms with Gasteiger partial charge in [0.25, 0.3) is 5.91 Å². The highest BCUT2D eigenvalue weighted by molar-refractivity contribution is 5.92. The van der Waals surface area contributed by atoms with E-state index in [4.69, 9.17) is 4.74 Å². The molecule has 1 aliphatic carbocycles. The second kappa shape index (κ2) is 9.14. The molecule has 1 aromatic heterocycles. The Morgan fingerprint density at radius 3 is 2.53 bits per heavy atom. The summed E-state index contributed by atoms with van der Waals surface area (Å²) in [4.78, 5) is 15.3. The van der Waals surface area contributed by atoms with E-state index in [1.165, 1.54) is 18.5 Å². The van der Waals surface area contributed by atoms with E-state index in [1.807, 2.05) is 29.8 Å². The Hall–Kier alpha value is -2.54. The molecule has 0 unspecified atom stereocenters. The number of rotatable bonds is 7. The van der Waals surface area contributed by atoms with Gasteiger partial charge in [-0.3, -0.25) is 14.4 Å². The van der Waals surface area contributed by atoms with Gasteiger partial charge in [-0.05, 0) is 77.1 Å². The maximum Gasteiger partial charge on any atom is 0.272 e. The van der Waals surface area contributed by atoms with Crippen LogP contribution in [0.2, 0.25) is 0 Å². The largest absolute Gasteiger partial charge is 0.504 e. The minimum absolute atomic E-state index is 0.0618. The molecule has 1 saturated carbocycles. The van der Waals surface area contributed by atoms with Gasteiger partial charge < -0.3 is 15.2 Å². The third kappa shape index (κ3) is 5.26. The van der Waals surface area contributed by atoms with Crippen LogP contribution in [-0.4, -0.2) is 51.4 Å². The summed E-state index contributed by atoms with van der Waals surface area (Å²) in [6.07, 6.45) is 4.21. The van der Waals surface area contributed by atoms with Gasteiger partial charge in [0.2, 0.25) is 0 Å². The van der Waals surface area contributed by atoms with Gasteiger partial charge in [-0.1, -0.05) is 6.07 Å². The van der Waals surface area contributed by atoms with Crippen LogP contribution in [0, 0.1) is 0 Å². The van der Waals surface area contributed by atoms with Crippen LogP contribution in [0.3, 0.4) is 0 Å². The number of piperidine rings is 1. The van der Waals surface area contributed by atoms with Crippen molar-refractivity contribution in [3.63, 3.8) is 0 Å². The molecule has 4 rings (SSSR count). The number of carbonyl (C=O) groups excluding carboxylic acids is 1. The Kier molecular flexibility index (Phi) is 6.47. The van der Waals surface area contributed by atoms with Crippen molar-refractivity contribution in [3.8, 4) is 11.5 Å². The van der Waals surface area contributed by atoms with Gasteiger partial charge >= 0.3 is 0 Å². The van der Waals surface area contributed by atoms with Crippen molar-refractivity contribution in [3.05, 3.63) is 41.2 Å². The van der Waals surface area contributed by atoms with Crippen molar-refractivity contribution in [2.24, 2.45) is 0 Å². The number of phenolic OH excluding ortho intramolecular Hbond substituents is 1. The summed E-state index contributed by atoms with van der Waals surface area (Å²) in [5, 5.41) is 17.8. The Labute approximate surface area is 190 Å². The van der Waals surface area contributed by atoms with Crippen LogP contribution in [0.25, 0.3) is 0 Å². The fourth-order valence-electron chi connectivity index (χ4n) is 4.39. The van der Waals surface area contributed by atoms with Gasteiger partial charge in [-0.2, -0.15) is 5.10 Å². The summed E-state index contributed by atoms with van der Waals surface area (Å²) < 4.78 is 7.53. The number of amides is 1. The van der Waals surface area contributed by atoms with Crippen LogP contribution in [0.4, 0.5) is 0 Å². The second-order valence-corrected chi connectivity index (χ2v) is 10.1. The highest BCUT2D eigenvalue weighted by Gasteiger charge is 2.33. The number of aromatic hydroxyl groups is 1. The maximum absolute atomic E-state index is 12.9. The molecule has 1 aliphatic heterocycles. The van der Waals surface area contributed by atoms with Gasteiger partial charge in [-0.15, -0.1) is 0 Å². The maximum atomic E-state index is 12.9. The third-order valence-corrected chi connectivity index (χ3v) is 6.25. The third-order valence-electron chi connectivity index (χ3n) is 6.25. The molecule has 2 heterocycles. The second-order valence-electron chi connectivity index (χ2n) is 10.1. The quantitative estimate of drug-likeness (QED) is 0.680. The molecule has 0 bridgehead atoms. The van der Waals surface area contributed by atoms with Crippen molar-refractivity contribution in [2.75, 3.05) is 19.7 Å². The number of nitrogens with zero attached hydrogens (tertiary/aromatic N) is 3. The molecule has 174 valence electrons. The van der Waals surface area contributed by atoms with Gasteiger partial charge in [-0.25, -0.2) is 0 Å². The molecule has 0 radical (unpaired) electrons. The number of phenols is 1. The van der Waals surface area contributed by atoms with E-state index in [2.05, 4.69) is 36.1 Å². The fourth-order valence-corrected chi connectivity index (χ4v) is 4.39. The van der Waals surface area contributed by atoms with E-state index in [1.54, 1.807) is 6.07 Å². The monoisotopic (exact) mass is 440 g/mol. The van der Waals surface area contributed by atoms with Crippen LogP contribution >= 0.6 is 0 Å². The van der Waals surface area contributed by atoms with Gasteiger partial charge in [0.15, 0.2) is 11.5 Å². The first-order valence-electron chi connectivity index (χ1n) is 11.8. The van der Waals surface area contributed by atoms with E-state index in [-0.39, 0.29) is 23.2 Å². The molecule has 2 N–H and O–H groups in total. The summed E-state index contributed by atoms with van der Waals surface area (Å²) in [5.74, 6) is 1.20. The lowest BCUT2D eigenvalue weighted by molar-refractivity contribution is 0.0902. The predicted molar refractivity (Wildman–Crippen MR) is 124 cm³/mol. The van der Waals surface area contributed by atoms with Crippen molar-refractivity contribution in [2.45, 2.75) is 77.4 Å². The molecule has 7 nitrogen and oxygen atoms in total. The zero-order valence-electron chi connectivity index (χ0n) is 19.7. The zero-order chi connectivity index (χ0) is 22.9. The van der Waals surface area contributed by atoms with Gasteiger partial charge in [0.1, 0.15) is 5.69 Å². The van der Waals surface area contributed by atoms with E-state index >= 15 is 0 Å². The van der Waals surface area contributed by atoms with E-state index in [0.717, 1.165) is 38.0 Å². The summed E-state index contributed by atoms with van der Waals surface area (Å²) >= 11 is 0. The van der Waals surface area contributed by atoms with Crippen LogP contribution < -0.4 is 10.1 Å². The smallest absolute Gasteiger partial charge is 0.272 e. The Morgan fingerprint density at radius 1 is 1.19 bits per heavy atom. The van der Waals surface area contributed by atoms with Crippen molar-refractivity contribution < 1.29 is 14.6 Å². The van der Waals surface area contributed by atoms with E-state index < -0.39 is 0 Å². The molecular weight excluding hydrogens is 404 g/mol. The van der Waals surface area contributed by atoms with Crippen LogP contribution in [0.15, 0.2) is 24.3 Å². The number of likely N-dealkylation sites (tertiary alicyclic amines) is 1. The zero-order valence-corrected chi connectivity index (χ0v) is 19.7. The van der Waals surface area contributed by atoms with Gasteiger partial charge in [0.05, 0.1) is 12.1 Å². The topological polar surface area (TPSA) is 79.6 Å². The number of benzene rings is 1. The first kappa shape index (κ1) is 22.6. The molecule has 0 spiro atoms. The minimum atomic E-state index is -0.127. The SMILES string of the molecule is CCOc1cc(CN2CCC(NC(=O)c3cc(C4CC4)n(C(C)(C)C)n3)CC2)ccc1O. The first-order valence-corrected chi connectivity index (χ1v) is 11.8. The summed E-state index contributed by atoms with van der Waals surface area (Å²) in [7, 11) is 0. The number of aromatic nitrogens is 2. The average Bonchev–Trinajstić information content (AvgIpc) is 3.48. The number of carbonyl (C=O) groups is 1. The number of nitrogens with one attached hydrogen (secondary N) is 1.